The van der Waals surface area contributed by atoms with Crippen molar-refractivity contribution >= 4 is 5.69 Å². The lowest BCUT2D eigenvalue weighted by Gasteiger charge is -2.22. The van der Waals surface area contributed by atoms with Crippen LogP contribution in [0, 0.1) is 0 Å². The molecule has 1 saturated heterocycles. The summed E-state index contributed by atoms with van der Waals surface area (Å²) >= 11 is 0. The molecule has 1 N–H and O–H groups in total. The molecule has 21 heavy (non-hydrogen) atoms. The first-order valence-electron chi connectivity index (χ1n) is 8.58. The highest BCUT2D eigenvalue weighted by molar-refractivity contribution is 5.50. The summed E-state index contributed by atoms with van der Waals surface area (Å²) in [6.45, 7) is 7.51. The molecule has 3 nitrogen and oxygen atoms in total. The summed E-state index contributed by atoms with van der Waals surface area (Å²) in [4.78, 5) is 2.45. The first-order chi connectivity index (χ1) is 10.4. The second-order valence-electron chi connectivity index (χ2n) is 5.85. The summed E-state index contributed by atoms with van der Waals surface area (Å²) in [5.41, 5.74) is 1.29. The minimum Gasteiger partial charge on any atom is -0.494 e. The molecule has 1 aliphatic rings. The largest absolute Gasteiger partial charge is 0.494 e. The van der Waals surface area contributed by atoms with Crippen LogP contribution < -0.4 is 15.0 Å². The van der Waals surface area contributed by atoms with Crippen molar-refractivity contribution in [3.05, 3.63) is 24.3 Å². The van der Waals surface area contributed by atoms with E-state index in [0.717, 1.165) is 45.0 Å². The number of hydrogen-bond acceptors (Lipinski definition) is 3. The zero-order valence-electron chi connectivity index (χ0n) is 13.4. The Labute approximate surface area is 129 Å². The van der Waals surface area contributed by atoms with Crippen molar-refractivity contribution in [2.24, 2.45) is 0 Å². The van der Waals surface area contributed by atoms with Gasteiger partial charge in [-0.3, -0.25) is 0 Å². The number of nitrogens with one attached hydrogen (secondary N) is 1. The van der Waals surface area contributed by atoms with Gasteiger partial charge >= 0.3 is 0 Å². The topological polar surface area (TPSA) is 24.5 Å². The van der Waals surface area contributed by atoms with E-state index >= 15 is 0 Å². The van der Waals surface area contributed by atoms with Crippen LogP contribution in [0.5, 0.6) is 5.75 Å². The van der Waals surface area contributed by atoms with Gasteiger partial charge in [0, 0.05) is 31.4 Å². The van der Waals surface area contributed by atoms with Gasteiger partial charge in [-0.25, -0.2) is 0 Å². The zero-order chi connectivity index (χ0) is 14.8. The molecule has 0 bridgehead atoms. The van der Waals surface area contributed by atoms with Crippen LogP contribution in [0.3, 0.4) is 0 Å². The predicted octanol–water partition coefficient (Wildman–Crippen LogP) is 3.84. The Hall–Kier alpha value is -1.22. The van der Waals surface area contributed by atoms with E-state index in [1.165, 1.54) is 37.8 Å². The molecule has 1 aromatic rings. The van der Waals surface area contributed by atoms with Crippen LogP contribution in [0.4, 0.5) is 5.69 Å². The van der Waals surface area contributed by atoms with Gasteiger partial charge < -0.3 is 15.0 Å². The zero-order valence-corrected chi connectivity index (χ0v) is 13.4. The highest BCUT2D eigenvalue weighted by Gasteiger charge is 2.09. The standard InChI is InChI=1S/C18H30N2O/c1-2-3-4-5-6-15-21-18-10-7-9-17(16-18)20-13-8-11-19-12-14-20/h7,9-10,16,19H,2-6,8,11-15H2,1H3. The SMILES string of the molecule is CCCCCCCOc1cccc(N2CCCNCC2)c1. The highest BCUT2D eigenvalue weighted by Crippen LogP contribution is 2.22. The van der Waals surface area contributed by atoms with E-state index in [0.29, 0.717) is 0 Å². The van der Waals surface area contributed by atoms with Crippen LogP contribution in [-0.2, 0) is 0 Å². The average molecular weight is 290 g/mol. The Balaban J connectivity index is 1.77. The number of nitrogens with zero attached hydrogens (tertiary/aromatic N) is 1. The van der Waals surface area contributed by atoms with E-state index in [1.807, 2.05) is 0 Å². The normalized spacial score (nSPS) is 15.8. The van der Waals surface area contributed by atoms with Crippen molar-refractivity contribution < 1.29 is 4.74 Å². The molecule has 0 unspecified atom stereocenters. The molecule has 0 aromatic heterocycles. The lowest BCUT2D eigenvalue weighted by Crippen LogP contribution is -2.27. The van der Waals surface area contributed by atoms with Gasteiger partial charge in [-0.2, -0.15) is 0 Å². The molecule has 1 aromatic carbocycles. The van der Waals surface area contributed by atoms with Crippen molar-refractivity contribution in [2.75, 3.05) is 37.7 Å². The molecule has 2 rings (SSSR count). The van der Waals surface area contributed by atoms with Crippen LogP contribution in [0.25, 0.3) is 0 Å². The van der Waals surface area contributed by atoms with Gasteiger partial charge in [-0.1, -0.05) is 38.7 Å². The molecular weight excluding hydrogens is 260 g/mol. The maximum Gasteiger partial charge on any atom is 0.121 e. The monoisotopic (exact) mass is 290 g/mol. The third-order valence-electron chi connectivity index (χ3n) is 4.04. The van der Waals surface area contributed by atoms with Gasteiger partial charge in [0.25, 0.3) is 0 Å². The van der Waals surface area contributed by atoms with E-state index in [9.17, 15) is 0 Å². The number of anilines is 1. The van der Waals surface area contributed by atoms with Crippen LogP contribution in [-0.4, -0.2) is 32.8 Å². The van der Waals surface area contributed by atoms with Crippen LogP contribution in [0.2, 0.25) is 0 Å². The number of benzene rings is 1. The average Bonchev–Trinajstić information content (AvgIpc) is 2.80. The third-order valence-corrected chi connectivity index (χ3v) is 4.04. The van der Waals surface area contributed by atoms with Crippen LogP contribution >= 0.6 is 0 Å². The molecule has 0 radical (unpaired) electrons. The van der Waals surface area contributed by atoms with Gasteiger partial charge in [-0.05, 0) is 31.5 Å². The minimum absolute atomic E-state index is 0.842. The summed E-state index contributed by atoms with van der Waals surface area (Å²) < 4.78 is 5.91. The second-order valence-corrected chi connectivity index (χ2v) is 5.85. The molecule has 0 saturated carbocycles. The molecule has 0 amide bonds. The molecule has 1 heterocycles. The van der Waals surface area contributed by atoms with Crippen LogP contribution in [0.1, 0.15) is 45.4 Å². The molecule has 3 heteroatoms. The predicted molar refractivity (Wildman–Crippen MR) is 90.4 cm³/mol. The highest BCUT2D eigenvalue weighted by atomic mass is 16.5. The maximum atomic E-state index is 5.91. The Morgan fingerprint density at radius 2 is 2.00 bits per heavy atom. The quantitative estimate of drug-likeness (QED) is 0.736. The Morgan fingerprint density at radius 3 is 2.90 bits per heavy atom. The summed E-state index contributed by atoms with van der Waals surface area (Å²) in [6, 6.07) is 8.57. The van der Waals surface area contributed by atoms with Crippen molar-refractivity contribution in [3.63, 3.8) is 0 Å². The summed E-state index contributed by atoms with van der Waals surface area (Å²) in [7, 11) is 0. The Kier molecular flexibility index (Phi) is 7.44. The summed E-state index contributed by atoms with van der Waals surface area (Å²) in [5.74, 6) is 1.01. The van der Waals surface area contributed by atoms with E-state index < -0.39 is 0 Å². The lowest BCUT2D eigenvalue weighted by molar-refractivity contribution is 0.304. The smallest absolute Gasteiger partial charge is 0.121 e. The number of unbranched alkanes of at least 4 members (excludes halogenated alkanes) is 4. The molecule has 1 fully saturated rings. The first kappa shape index (κ1) is 16.2. The second kappa shape index (κ2) is 9.67. The van der Waals surface area contributed by atoms with Gasteiger partial charge in [0.15, 0.2) is 0 Å². The van der Waals surface area contributed by atoms with Gasteiger partial charge in [0.05, 0.1) is 6.61 Å². The minimum atomic E-state index is 0.842. The molecule has 0 atom stereocenters. The lowest BCUT2D eigenvalue weighted by atomic mass is 10.2. The summed E-state index contributed by atoms with van der Waals surface area (Å²) in [5, 5.41) is 3.45. The maximum absolute atomic E-state index is 5.91. The number of rotatable bonds is 8. The molecule has 118 valence electrons. The van der Waals surface area contributed by atoms with Gasteiger partial charge in [-0.15, -0.1) is 0 Å². The fourth-order valence-electron chi connectivity index (χ4n) is 2.77. The fourth-order valence-corrected chi connectivity index (χ4v) is 2.77. The molecule has 1 aliphatic heterocycles. The van der Waals surface area contributed by atoms with E-state index in [2.05, 4.69) is 41.4 Å². The van der Waals surface area contributed by atoms with Crippen molar-refractivity contribution in [3.8, 4) is 5.75 Å². The fraction of sp³-hybridized carbons (Fsp3) is 0.667. The molecule has 0 aliphatic carbocycles. The Morgan fingerprint density at radius 1 is 1.10 bits per heavy atom. The Bertz CT molecular complexity index is 387. The van der Waals surface area contributed by atoms with E-state index in [-0.39, 0.29) is 0 Å². The van der Waals surface area contributed by atoms with Crippen molar-refractivity contribution in [1.29, 1.82) is 0 Å². The summed E-state index contributed by atoms with van der Waals surface area (Å²) in [6.07, 6.45) is 7.64. The van der Waals surface area contributed by atoms with Crippen LogP contribution in [0.15, 0.2) is 24.3 Å². The number of hydrogen-bond donors (Lipinski definition) is 1. The first-order valence-corrected chi connectivity index (χ1v) is 8.58. The van der Waals surface area contributed by atoms with Gasteiger partial charge in [0.1, 0.15) is 5.75 Å². The van der Waals surface area contributed by atoms with Crippen molar-refractivity contribution in [2.45, 2.75) is 45.4 Å². The number of ether oxygens (including phenoxy) is 1. The molecule has 0 spiro atoms. The van der Waals surface area contributed by atoms with E-state index in [1.54, 1.807) is 0 Å². The third kappa shape index (κ3) is 5.96. The van der Waals surface area contributed by atoms with Crippen molar-refractivity contribution in [1.82, 2.24) is 5.32 Å². The van der Waals surface area contributed by atoms with E-state index in [4.69, 9.17) is 4.74 Å². The van der Waals surface area contributed by atoms with Gasteiger partial charge in [0.2, 0.25) is 0 Å². The molecular formula is C18H30N2O.